The van der Waals surface area contributed by atoms with Crippen LogP contribution in [0.5, 0.6) is 0 Å². The molecule has 10 heteroatoms. The van der Waals surface area contributed by atoms with E-state index in [0.717, 1.165) is 31.0 Å². The van der Waals surface area contributed by atoms with Crippen molar-refractivity contribution in [3.8, 4) is 0 Å². The Balaban J connectivity index is 0.000000858. The van der Waals surface area contributed by atoms with E-state index in [1.807, 2.05) is 11.4 Å². The van der Waals surface area contributed by atoms with Crippen LogP contribution >= 0.6 is 11.3 Å². The Morgan fingerprint density at radius 2 is 2.03 bits per heavy atom. The summed E-state index contributed by atoms with van der Waals surface area (Å²) in [5, 5.41) is 14.9. The van der Waals surface area contributed by atoms with E-state index < -0.39 is 0 Å². The number of nitrogens with one attached hydrogen (secondary N) is 3. The molecule has 0 spiro atoms. The van der Waals surface area contributed by atoms with Gasteiger partial charge in [-0.2, -0.15) is 0 Å². The number of nitrogens with zero attached hydrogens (tertiary/aromatic N) is 2. The van der Waals surface area contributed by atoms with Gasteiger partial charge in [0.05, 0.1) is 17.7 Å². The quantitative estimate of drug-likeness (QED) is 0.435. The number of rotatable bonds is 9. The van der Waals surface area contributed by atoms with Gasteiger partial charge in [-0.1, -0.05) is 0 Å². The fraction of sp³-hybridized carbons (Fsp3) is 0.524. The first-order chi connectivity index (χ1) is 15.1. The van der Waals surface area contributed by atoms with E-state index in [0.29, 0.717) is 31.2 Å². The predicted molar refractivity (Wildman–Crippen MR) is 117 cm³/mol. The number of H-pyrrole nitrogens is 1. The molecule has 0 aromatic carbocycles. The summed E-state index contributed by atoms with van der Waals surface area (Å²) in [6.07, 6.45) is 6.84. The SMILES string of the molecule is O=C(C[C@H]1CC[C@@H](CNC(=O)c2ccc[nH]2)N1CC1CC1)NCc1cscn1.O=CO. The van der Waals surface area contributed by atoms with E-state index in [2.05, 4.69) is 25.5 Å². The van der Waals surface area contributed by atoms with Gasteiger partial charge in [-0.25, -0.2) is 4.98 Å². The Hall–Kier alpha value is -2.72. The van der Waals surface area contributed by atoms with Crippen LogP contribution in [0.1, 0.15) is 48.3 Å². The molecule has 2 aliphatic rings. The Bertz CT molecular complexity index is 823. The van der Waals surface area contributed by atoms with Crippen LogP contribution in [0.4, 0.5) is 0 Å². The molecule has 0 bridgehead atoms. The number of carbonyl (C=O) groups excluding carboxylic acids is 2. The van der Waals surface area contributed by atoms with Gasteiger partial charge in [-0.3, -0.25) is 19.3 Å². The number of carbonyl (C=O) groups is 3. The molecule has 1 aliphatic heterocycles. The highest BCUT2D eigenvalue weighted by molar-refractivity contribution is 7.07. The molecule has 4 rings (SSSR count). The second-order valence-electron chi connectivity index (χ2n) is 7.89. The molecule has 3 heterocycles. The van der Waals surface area contributed by atoms with Crippen molar-refractivity contribution in [1.82, 2.24) is 25.5 Å². The largest absolute Gasteiger partial charge is 0.483 e. The maximum atomic E-state index is 12.4. The zero-order valence-corrected chi connectivity index (χ0v) is 18.1. The number of hydrogen-bond acceptors (Lipinski definition) is 6. The third-order valence-electron chi connectivity index (χ3n) is 5.65. The smallest absolute Gasteiger partial charge is 0.290 e. The van der Waals surface area contributed by atoms with Crippen LogP contribution in [0.3, 0.4) is 0 Å². The minimum absolute atomic E-state index is 0.0687. The van der Waals surface area contributed by atoms with Gasteiger partial charge in [0.15, 0.2) is 0 Å². The fourth-order valence-corrected chi connectivity index (χ4v) is 4.49. The summed E-state index contributed by atoms with van der Waals surface area (Å²) in [4.78, 5) is 42.6. The molecule has 168 valence electrons. The third-order valence-corrected chi connectivity index (χ3v) is 6.28. The molecule has 2 atom stereocenters. The van der Waals surface area contributed by atoms with Gasteiger partial charge in [-0.05, 0) is 43.7 Å². The van der Waals surface area contributed by atoms with Gasteiger partial charge in [-0.15, -0.1) is 11.3 Å². The Kier molecular flexibility index (Phi) is 8.60. The minimum atomic E-state index is -0.250. The van der Waals surface area contributed by atoms with E-state index in [9.17, 15) is 9.59 Å². The summed E-state index contributed by atoms with van der Waals surface area (Å²) in [5.74, 6) is 0.760. The number of thiazole rings is 1. The van der Waals surface area contributed by atoms with E-state index in [1.54, 1.807) is 17.8 Å². The maximum absolute atomic E-state index is 12.4. The summed E-state index contributed by atoms with van der Waals surface area (Å²) in [5.41, 5.74) is 3.27. The van der Waals surface area contributed by atoms with Crippen molar-refractivity contribution in [2.45, 2.75) is 50.7 Å². The van der Waals surface area contributed by atoms with Gasteiger partial charge in [0.25, 0.3) is 12.4 Å². The zero-order chi connectivity index (χ0) is 22.1. The predicted octanol–water partition coefficient (Wildman–Crippen LogP) is 1.85. The molecule has 0 radical (unpaired) electrons. The summed E-state index contributed by atoms with van der Waals surface area (Å²) >= 11 is 1.54. The molecule has 1 saturated carbocycles. The van der Waals surface area contributed by atoms with Crippen molar-refractivity contribution in [2.24, 2.45) is 5.92 Å². The molecule has 0 unspecified atom stereocenters. The first-order valence-corrected chi connectivity index (χ1v) is 11.4. The highest BCUT2D eigenvalue weighted by Gasteiger charge is 2.38. The number of aromatic amines is 1. The van der Waals surface area contributed by atoms with Crippen molar-refractivity contribution in [3.05, 3.63) is 40.6 Å². The van der Waals surface area contributed by atoms with Crippen LogP contribution in [0, 0.1) is 5.92 Å². The highest BCUT2D eigenvalue weighted by atomic mass is 32.1. The van der Waals surface area contributed by atoms with E-state index >= 15 is 0 Å². The van der Waals surface area contributed by atoms with Crippen molar-refractivity contribution in [1.29, 1.82) is 0 Å². The number of amides is 2. The van der Waals surface area contributed by atoms with E-state index in [1.165, 1.54) is 24.2 Å². The molecule has 9 nitrogen and oxygen atoms in total. The van der Waals surface area contributed by atoms with Crippen LogP contribution in [-0.2, 0) is 16.1 Å². The minimum Gasteiger partial charge on any atom is -0.483 e. The molecule has 4 N–H and O–H groups in total. The molecule has 2 fully saturated rings. The summed E-state index contributed by atoms with van der Waals surface area (Å²) in [7, 11) is 0. The summed E-state index contributed by atoms with van der Waals surface area (Å²) in [6, 6.07) is 4.16. The first kappa shape index (κ1) is 23.0. The monoisotopic (exact) mass is 447 g/mol. The van der Waals surface area contributed by atoms with Crippen molar-refractivity contribution in [2.75, 3.05) is 13.1 Å². The normalized spacial score (nSPS) is 20.5. The van der Waals surface area contributed by atoms with Crippen LogP contribution in [-0.4, -0.2) is 63.4 Å². The maximum Gasteiger partial charge on any atom is 0.290 e. The van der Waals surface area contributed by atoms with Crippen molar-refractivity contribution >= 4 is 29.6 Å². The second-order valence-corrected chi connectivity index (χ2v) is 8.60. The van der Waals surface area contributed by atoms with Gasteiger partial charge >= 0.3 is 0 Å². The molecule has 2 amide bonds. The van der Waals surface area contributed by atoms with Gasteiger partial charge < -0.3 is 20.7 Å². The van der Waals surface area contributed by atoms with Gasteiger partial charge in [0, 0.05) is 43.2 Å². The third kappa shape index (κ3) is 7.18. The molecule has 1 aliphatic carbocycles. The van der Waals surface area contributed by atoms with E-state index in [4.69, 9.17) is 9.90 Å². The van der Waals surface area contributed by atoms with Crippen LogP contribution in [0.25, 0.3) is 0 Å². The summed E-state index contributed by atoms with van der Waals surface area (Å²) < 4.78 is 0. The second kappa shape index (κ2) is 11.6. The molecular formula is C21H29N5O4S. The lowest BCUT2D eigenvalue weighted by molar-refractivity contribution is -0.123. The van der Waals surface area contributed by atoms with Gasteiger partial charge in [0.2, 0.25) is 5.91 Å². The fourth-order valence-electron chi connectivity index (χ4n) is 3.93. The lowest BCUT2D eigenvalue weighted by Gasteiger charge is -2.30. The molecule has 31 heavy (non-hydrogen) atoms. The number of aromatic nitrogens is 2. The molecule has 2 aromatic rings. The average molecular weight is 448 g/mol. The van der Waals surface area contributed by atoms with Crippen LogP contribution in [0.2, 0.25) is 0 Å². The summed E-state index contributed by atoms with van der Waals surface area (Å²) in [6.45, 7) is 1.90. The van der Waals surface area contributed by atoms with Crippen LogP contribution in [0.15, 0.2) is 29.2 Å². The zero-order valence-electron chi connectivity index (χ0n) is 17.3. The first-order valence-electron chi connectivity index (χ1n) is 10.5. The standard InChI is InChI=1S/C20H27N5O2S.CH2O2/c26-19(22-9-15-12-28-13-24-15)8-16-5-6-17(25(16)11-14-3-4-14)10-23-20(27)18-2-1-7-21-18;2-1-3/h1-2,7,12-14,16-17,21H,3-6,8-11H2,(H,22,26)(H,23,27);1H,(H,2,3)/t16-,17+;/m1./s1. The molecular weight excluding hydrogens is 418 g/mol. The van der Waals surface area contributed by atoms with Crippen molar-refractivity contribution in [3.63, 3.8) is 0 Å². The Morgan fingerprint density at radius 3 is 2.68 bits per heavy atom. The number of hydrogen-bond donors (Lipinski definition) is 4. The average Bonchev–Trinajstić information content (AvgIpc) is 3.17. The molecule has 1 saturated heterocycles. The number of carboxylic acid groups (broad SMARTS) is 1. The Labute approximate surface area is 185 Å². The van der Waals surface area contributed by atoms with E-state index in [-0.39, 0.29) is 24.3 Å². The Morgan fingerprint density at radius 1 is 1.26 bits per heavy atom. The van der Waals surface area contributed by atoms with Crippen LogP contribution < -0.4 is 10.6 Å². The lowest BCUT2D eigenvalue weighted by Crippen LogP contribution is -2.45. The molecule has 2 aromatic heterocycles. The van der Waals surface area contributed by atoms with Gasteiger partial charge in [0.1, 0.15) is 5.69 Å². The lowest BCUT2D eigenvalue weighted by atomic mass is 10.1. The topological polar surface area (TPSA) is 127 Å². The number of likely N-dealkylation sites (tertiary alicyclic amines) is 1. The van der Waals surface area contributed by atoms with Crippen molar-refractivity contribution < 1.29 is 19.5 Å². The highest BCUT2D eigenvalue weighted by Crippen LogP contribution is 2.35.